The van der Waals surface area contributed by atoms with Gasteiger partial charge in [0, 0.05) is 5.56 Å². The lowest BCUT2D eigenvalue weighted by Crippen LogP contribution is -2.14. The van der Waals surface area contributed by atoms with E-state index in [1.54, 1.807) is 12.1 Å². The highest BCUT2D eigenvalue weighted by molar-refractivity contribution is 6.32. The monoisotopic (exact) mass is 390 g/mol. The Morgan fingerprint density at radius 1 is 1.04 bits per heavy atom. The van der Waals surface area contributed by atoms with Crippen molar-refractivity contribution in [2.24, 2.45) is 0 Å². The average Bonchev–Trinajstić information content (AvgIpc) is 2.70. The lowest BCUT2D eigenvalue weighted by atomic mass is 9.97. The SMILES string of the molecule is CC[C@H](C)c1ccc(C(=O)COC(=O)c2cc(Cl)c(OC)c(OC)c2)cc1. The van der Waals surface area contributed by atoms with Crippen LogP contribution in [0.4, 0.5) is 0 Å². The average molecular weight is 391 g/mol. The second-order valence-corrected chi connectivity index (χ2v) is 6.53. The number of ketones is 1. The van der Waals surface area contributed by atoms with Crippen LogP contribution in [0.1, 0.15) is 52.5 Å². The van der Waals surface area contributed by atoms with Crippen molar-refractivity contribution in [3.8, 4) is 11.5 Å². The number of carbonyl (C=O) groups is 2. The number of halogens is 1. The van der Waals surface area contributed by atoms with Gasteiger partial charge in [0.1, 0.15) is 0 Å². The Bertz CT molecular complexity index is 814. The summed E-state index contributed by atoms with van der Waals surface area (Å²) < 4.78 is 15.4. The number of carbonyl (C=O) groups excluding carboxylic acids is 2. The first kappa shape index (κ1) is 20.8. The van der Waals surface area contributed by atoms with Gasteiger partial charge in [-0.25, -0.2) is 4.79 Å². The number of benzene rings is 2. The molecule has 0 saturated carbocycles. The summed E-state index contributed by atoms with van der Waals surface area (Å²) in [5, 5.41) is 0.218. The highest BCUT2D eigenvalue weighted by atomic mass is 35.5. The number of Topliss-reactive ketones (excluding diaryl/α,β-unsaturated/α-hetero) is 1. The summed E-state index contributed by atoms with van der Waals surface area (Å²) in [5.74, 6) is 0.131. The van der Waals surface area contributed by atoms with Gasteiger partial charge in [-0.2, -0.15) is 0 Å². The van der Waals surface area contributed by atoms with E-state index in [4.69, 9.17) is 25.8 Å². The molecule has 2 aromatic rings. The van der Waals surface area contributed by atoms with Gasteiger partial charge in [0.2, 0.25) is 0 Å². The summed E-state index contributed by atoms with van der Waals surface area (Å²) in [7, 11) is 2.89. The maximum absolute atomic E-state index is 12.3. The van der Waals surface area contributed by atoms with E-state index < -0.39 is 5.97 Å². The summed E-state index contributed by atoms with van der Waals surface area (Å²) in [6.45, 7) is 3.89. The molecule has 0 N–H and O–H groups in total. The minimum Gasteiger partial charge on any atom is -0.493 e. The number of ether oxygens (including phenoxy) is 3. The van der Waals surface area contributed by atoms with Crippen LogP contribution in [0.15, 0.2) is 36.4 Å². The van der Waals surface area contributed by atoms with Gasteiger partial charge in [-0.3, -0.25) is 4.79 Å². The summed E-state index contributed by atoms with van der Waals surface area (Å²) in [6.07, 6.45) is 1.03. The molecule has 0 radical (unpaired) electrons. The van der Waals surface area contributed by atoms with Crippen LogP contribution in [-0.4, -0.2) is 32.6 Å². The third kappa shape index (κ3) is 5.01. The Morgan fingerprint density at radius 3 is 2.26 bits per heavy atom. The van der Waals surface area contributed by atoms with Gasteiger partial charge in [0.25, 0.3) is 0 Å². The zero-order valence-corrected chi connectivity index (χ0v) is 16.6. The Balaban J connectivity index is 2.04. The Labute approximate surface area is 164 Å². The molecule has 0 aliphatic carbocycles. The van der Waals surface area contributed by atoms with Gasteiger partial charge in [-0.15, -0.1) is 0 Å². The minimum absolute atomic E-state index is 0.178. The first-order valence-corrected chi connectivity index (χ1v) is 9.00. The Morgan fingerprint density at radius 2 is 1.70 bits per heavy atom. The van der Waals surface area contributed by atoms with E-state index in [0.717, 1.165) is 6.42 Å². The van der Waals surface area contributed by atoms with Gasteiger partial charge in [-0.05, 0) is 30.0 Å². The number of esters is 1. The summed E-state index contributed by atoms with van der Waals surface area (Å²) >= 11 is 6.09. The highest BCUT2D eigenvalue weighted by Crippen LogP contribution is 2.36. The molecule has 144 valence electrons. The zero-order chi connectivity index (χ0) is 20.0. The van der Waals surface area contributed by atoms with Crippen LogP contribution in [0.25, 0.3) is 0 Å². The van der Waals surface area contributed by atoms with E-state index in [1.165, 1.54) is 31.9 Å². The van der Waals surface area contributed by atoms with Crippen LogP contribution in [0.5, 0.6) is 11.5 Å². The molecule has 5 nitrogen and oxygen atoms in total. The molecule has 0 amide bonds. The lowest BCUT2D eigenvalue weighted by Gasteiger charge is -2.12. The molecule has 0 aromatic heterocycles. The molecule has 6 heteroatoms. The molecule has 1 atom stereocenters. The standard InChI is InChI=1S/C21H23ClO5/c1-5-13(2)14-6-8-15(9-7-14)18(23)12-27-21(24)16-10-17(22)20(26-4)19(11-16)25-3/h6-11,13H,5,12H2,1-4H3/t13-/m0/s1. The normalized spacial score (nSPS) is 11.6. The van der Waals surface area contributed by atoms with Crippen molar-refractivity contribution >= 4 is 23.4 Å². The fraction of sp³-hybridized carbons (Fsp3) is 0.333. The van der Waals surface area contributed by atoms with Crippen LogP contribution >= 0.6 is 11.6 Å². The third-order valence-corrected chi connectivity index (χ3v) is 4.70. The fourth-order valence-corrected chi connectivity index (χ4v) is 2.85. The first-order valence-electron chi connectivity index (χ1n) is 8.63. The maximum Gasteiger partial charge on any atom is 0.338 e. The molecule has 0 saturated heterocycles. The predicted molar refractivity (Wildman–Crippen MR) is 104 cm³/mol. The van der Waals surface area contributed by atoms with Crippen molar-refractivity contribution in [1.29, 1.82) is 0 Å². The molecule has 0 aliphatic heterocycles. The summed E-state index contributed by atoms with van der Waals surface area (Å²) in [6, 6.07) is 10.2. The molecule has 0 heterocycles. The van der Waals surface area contributed by atoms with Gasteiger partial charge >= 0.3 is 5.97 Å². The van der Waals surface area contributed by atoms with Gasteiger partial charge in [-0.1, -0.05) is 49.7 Å². The van der Waals surface area contributed by atoms with E-state index in [1.807, 2.05) is 12.1 Å². The van der Waals surface area contributed by atoms with Crippen molar-refractivity contribution in [2.75, 3.05) is 20.8 Å². The van der Waals surface area contributed by atoms with Gasteiger partial charge in [0.15, 0.2) is 23.9 Å². The third-order valence-electron chi connectivity index (χ3n) is 4.42. The summed E-state index contributed by atoms with van der Waals surface area (Å²) in [4.78, 5) is 24.5. The summed E-state index contributed by atoms with van der Waals surface area (Å²) in [5.41, 5.74) is 1.85. The Hall–Kier alpha value is -2.53. The van der Waals surface area contributed by atoms with Crippen LogP contribution in [0.2, 0.25) is 5.02 Å². The first-order chi connectivity index (χ1) is 12.9. The second-order valence-electron chi connectivity index (χ2n) is 6.12. The molecular weight excluding hydrogens is 368 g/mol. The number of hydrogen-bond acceptors (Lipinski definition) is 5. The van der Waals surface area contributed by atoms with E-state index in [2.05, 4.69) is 13.8 Å². The molecule has 0 fully saturated rings. The lowest BCUT2D eigenvalue weighted by molar-refractivity contribution is 0.0474. The largest absolute Gasteiger partial charge is 0.493 e. The molecular formula is C21H23ClO5. The van der Waals surface area contributed by atoms with E-state index in [9.17, 15) is 9.59 Å². The van der Waals surface area contributed by atoms with E-state index >= 15 is 0 Å². The predicted octanol–water partition coefficient (Wildman–Crippen LogP) is 4.91. The highest BCUT2D eigenvalue weighted by Gasteiger charge is 2.17. The van der Waals surface area contributed by atoms with Crippen LogP contribution < -0.4 is 9.47 Å². The minimum atomic E-state index is -0.664. The number of methoxy groups -OCH3 is 2. The fourth-order valence-electron chi connectivity index (χ4n) is 2.57. The van der Waals surface area contributed by atoms with Crippen LogP contribution in [-0.2, 0) is 4.74 Å². The second kappa shape index (κ2) is 9.42. The van der Waals surface area contributed by atoms with Crippen molar-refractivity contribution in [1.82, 2.24) is 0 Å². The van der Waals surface area contributed by atoms with Crippen LogP contribution in [0, 0.1) is 0 Å². The van der Waals surface area contributed by atoms with E-state index in [0.29, 0.717) is 23.0 Å². The molecule has 0 aliphatic rings. The molecule has 0 bridgehead atoms. The van der Waals surface area contributed by atoms with Gasteiger partial charge in [0.05, 0.1) is 24.8 Å². The zero-order valence-electron chi connectivity index (χ0n) is 15.9. The van der Waals surface area contributed by atoms with Crippen molar-refractivity contribution in [3.05, 3.63) is 58.1 Å². The molecule has 0 unspecified atom stereocenters. The molecule has 2 aromatic carbocycles. The maximum atomic E-state index is 12.3. The van der Waals surface area contributed by atoms with E-state index in [-0.39, 0.29) is 23.0 Å². The number of rotatable bonds is 8. The van der Waals surface area contributed by atoms with Gasteiger partial charge < -0.3 is 14.2 Å². The smallest absolute Gasteiger partial charge is 0.338 e. The van der Waals surface area contributed by atoms with Crippen molar-refractivity contribution in [3.63, 3.8) is 0 Å². The quantitative estimate of drug-likeness (QED) is 0.473. The topological polar surface area (TPSA) is 61.8 Å². The molecule has 2 rings (SSSR count). The molecule has 0 spiro atoms. The number of hydrogen-bond donors (Lipinski definition) is 0. The van der Waals surface area contributed by atoms with Crippen LogP contribution in [0.3, 0.4) is 0 Å². The van der Waals surface area contributed by atoms with Crippen molar-refractivity contribution in [2.45, 2.75) is 26.2 Å². The molecule has 27 heavy (non-hydrogen) atoms. The Kier molecular flexibility index (Phi) is 7.25. The van der Waals surface area contributed by atoms with Crippen molar-refractivity contribution < 1.29 is 23.8 Å².